The van der Waals surface area contributed by atoms with Crippen molar-refractivity contribution in [2.75, 3.05) is 23.7 Å². The maximum Gasteiger partial charge on any atom is 0.157 e. The minimum Gasteiger partial charge on any atom is -0.357 e. The zero-order chi connectivity index (χ0) is 17.9. The Morgan fingerprint density at radius 3 is 2.59 bits per heavy atom. The van der Waals surface area contributed by atoms with Crippen molar-refractivity contribution in [2.24, 2.45) is 0 Å². The van der Waals surface area contributed by atoms with Gasteiger partial charge in [-0.2, -0.15) is 5.26 Å². The maximum absolute atomic E-state index is 12.4. The number of benzene rings is 1. The molecule has 8 heteroatoms. The molecule has 0 aliphatic carbocycles. The smallest absolute Gasteiger partial charge is 0.157 e. The van der Waals surface area contributed by atoms with E-state index in [1.807, 2.05) is 28.7 Å². The second kappa shape index (κ2) is 6.39. The molecule has 6 nitrogen and oxygen atoms in total. The van der Waals surface area contributed by atoms with E-state index in [1.54, 1.807) is 0 Å². The molecule has 0 unspecified atom stereocenters. The summed E-state index contributed by atoms with van der Waals surface area (Å²) in [5.74, 6) is 1.03. The summed E-state index contributed by atoms with van der Waals surface area (Å²) >= 11 is 0. The van der Waals surface area contributed by atoms with Crippen molar-refractivity contribution in [2.45, 2.75) is 25.0 Å². The molecule has 27 heavy (non-hydrogen) atoms. The number of para-hydroxylation sites is 2. The number of nitrogens with zero attached hydrogens (tertiary/aromatic N) is 4. The fraction of sp³-hybridized carbons (Fsp3) is 0.368. The molecule has 5 rings (SSSR count). The SMILES string of the molecule is Cl.N#Cc1c2c(c(N3CCCC3)n3c1nc1ccccc13)CS(=O)(=O)CC2. The third-order valence-electron chi connectivity index (χ3n) is 5.48. The first-order valence-electron chi connectivity index (χ1n) is 8.89. The minimum atomic E-state index is -3.15. The average molecular weight is 403 g/mol. The van der Waals surface area contributed by atoms with Crippen molar-refractivity contribution in [3.8, 4) is 6.07 Å². The first-order valence-corrected chi connectivity index (χ1v) is 10.7. The van der Waals surface area contributed by atoms with E-state index in [0.29, 0.717) is 17.6 Å². The molecule has 2 aliphatic heterocycles. The molecule has 0 radical (unpaired) electrons. The molecular formula is C19H19ClN4O2S. The summed E-state index contributed by atoms with van der Waals surface area (Å²) < 4.78 is 26.8. The molecule has 0 N–H and O–H groups in total. The molecule has 0 amide bonds. The van der Waals surface area contributed by atoms with Crippen LogP contribution in [0.2, 0.25) is 0 Å². The van der Waals surface area contributed by atoms with Gasteiger partial charge in [-0.25, -0.2) is 13.4 Å². The number of imidazole rings is 1. The van der Waals surface area contributed by atoms with E-state index in [4.69, 9.17) is 4.98 Å². The number of hydrogen-bond acceptors (Lipinski definition) is 5. The Kier molecular flexibility index (Phi) is 4.28. The molecular weight excluding hydrogens is 384 g/mol. The van der Waals surface area contributed by atoms with Crippen LogP contribution >= 0.6 is 12.4 Å². The monoisotopic (exact) mass is 402 g/mol. The fourth-order valence-electron chi connectivity index (χ4n) is 4.32. The van der Waals surface area contributed by atoms with Crippen LogP contribution in [0.1, 0.15) is 29.5 Å². The van der Waals surface area contributed by atoms with Crippen LogP contribution in [0.15, 0.2) is 24.3 Å². The molecule has 0 saturated carbocycles. The molecule has 1 fully saturated rings. The summed E-state index contributed by atoms with van der Waals surface area (Å²) in [5, 5.41) is 9.84. The highest BCUT2D eigenvalue weighted by Gasteiger charge is 2.32. The van der Waals surface area contributed by atoms with E-state index in [9.17, 15) is 13.7 Å². The van der Waals surface area contributed by atoms with E-state index in [0.717, 1.165) is 53.9 Å². The first kappa shape index (κ1) is 18.1. The van der Waals surface area contributed by atoms with Crippen molar-refractivity contribution in [3.05, 3.63) is 41.0 Å². The number of halogens is 1. The van der Waals surface area contributed by atoms with Gasteiger partial charge in [-0.05, 0) is 37.0 Å². The normalized spacial score (nSPS) is 18.3. The highest BCUT2D eigenvalue weighted by Crippen LogP contribution is 2.38. The minimum absolute atomic E-state index is 0. The lowest BCUT2D eigenvalue weighted by molar-refractivity contribution is 0.591. The molecule has 0 atom stereocenters. The van der Waals surface area contributed by atoms with Gasteiger partial charge in [-0.15, -0.1) is 12.4 Å². The van der Waals surface area contributed by atoms with Crippen molar-refractivity contribution in [3.63, 3.8) is 0 Å². The molecule has 2 aromatic heterocycles. The Balaban J connectivity index is 0.00000180. The number of anilines is 1. The standard InChI is InChI=1S/C19H18N4O2S.ClH/c20-11-14-13-7-10-26(24,25)12-15(13)19(22-8-3-4-9-22)23-17-6-2-1-5-16(17)21-18(14)23;/h1-2,5-6H,3-4,7-10,12H2;1H. The van der Waals surface area contributed by atoms with Gasteiger partial charge in [0.2, 0.25) is 0 Å². The van der Waals surface area contributed by atoms with Gasteiger partial charge in [0.25, 0.3) is 0 Å². The molecule has 140 valence electrons. The summed E-state index contributed by atoms with van der Waals surface area (Å²) in [6.45, 7) is 1.81. The van der Waals surface area contributed by atoms with Crippen LogP contribution in [-0.4, -0.2) is 36.6 Å². The Hall–Kier alpha value is -2.30. The Bertz CT molecular complexity index is 1200. The predicted octanol–water partition coefficient (Wildman–Crippen LogP) is 2.85. The van der Waals surface area contributed by atoms with E-state index in [1.165, 1.54) is 0 Å². The van der Waals surface area contributed by atoms with Gasteiger partial charge < -0.3 is 4.90 Å². The maximum atomic E-state index is 12.4. The lowest BCUT2D eigenvalue weighted by atomic mass is 10.0. The van der Waals surface area contributed by atoms with Crippen LogP contribution in [0.4, 0.5) is 5.82 Å². The largest absolute Gasteiger partial charge is 0.357 e. The lowest BCUT2D eigenvalue weighted by Crippen LogP contribution is -2.28. The summed E-state index contributed by atoms with van der Waals surface area (Å²) in [5.41, 5.74) is 4.58. The summed E-state index contributed by atoms with van der Waals surface area (Å²) in [4.78, 5) is 6.99. The molecule has 0 spiro atoms. The number of pyridine rings is 1. The quantitative estimate of drug-likeness (QED) is 0.625. The molecule has 3 aromatic rings. The molecule has 1 saturated heterocycles. The second-order valence-corrected chi connectivity index (χ2v) is 9.25. The van der Waals surface area contributed by atoms with Gasteiger partial charge in [0.05, 0.1) is 28.1 Å². The van der Waals surface area contributed by atoms with Crippen LogP contribution in [0.3, 0.4) is 0 Å². The Morgan fingerprint density at radius 1 is 1.11 bits per heavy atom. The topological polar surface area (TPSA) is 78.5 Å². The number of rotatable bonds is 1. The van der Waals surface area contributed by atoms with Crippen molar-refractivity contribution < 1.29 is 8.42 Å². The highest BCUT2D eigenvalue weighted by molar-refractivity contribution is 7.90. The molecule has 0 bridgehead atoms. The third kappa shape index (κ3) is 2.67. The fourth-order valence-corrected chi connectivity index (χ4v) is 5.72. The van der Waals surface area contributed by atoms with Gasteiger partial charge in [0.15, 0.2) is 15.5 Å². The van der Waals surface area contributed by atoms with Crippen LogP contribution in [-0.2, 0) is 22.0 Å². The van der Waals surface area contributed by atoms with Crippen molar-refractivity contribution >= 4 is 44.7 Å². The average Bonchev–Trinajstić information content (AvgIpc) is 3.27. The van der Waals surface area contributed by atoms with Gasteiger partial charge >= 0.3 is 0 Å². The highest BCUT2D eigenvalue weighted by atomic mass is 35.5. The van der Waals surface area contributed by atoms with Gasteiger partial charge in [-0.3, -0.25) is 4.40 Å². The second-order valence-electron chi connectivity index (χ2n) is 7.06. The first-order chi connectivity index (χ1) is 12.6. The molecule has 2 aliphatic rings. The number of aromatic nitrogens is 2. The predicted molar refractivity (Wildman–Crippen MR) is 107 cm³/mol. The number of hydrogen-bond donors (Lipinski definition) is 0. The van der Waals surface area contributed by atoms with Gasteiger partial charge in [0.1, 0.15) is 11.9 Å². The number of sulfone groups is 1. The third-order valence-corrected chi connectivity index (χ3v) is 7.03. The lowest BCUT2D eigenvalue weighted by Gasteiger charge is -2.28. The van der Waals surface area contributed by atoms with E-state index < -0.39 is 9.84 Å². The summed E-state index contributed by atoms with van der Waals surface area (Å²) in [7, 11) is -3.15. The van der Waals surface area contributed by atoms with Crippen LogP contribution in [0.5, 0.6) is 0 Å². The van der Waals surface area contributed by atoms with E-state index >= 15 is 0 Å². The van der Waals surface area contributed by atoms with Crippen molar-refractivity contribution in [1.82, 2.24) is 9.38 Å². The van der Waals surface area contributed by atoms with Crippen LogP contribution < -0.4 is 4.90 Å². The van der Waals surface area contributed by atoms with Crippen molar-refractivity contribution in [1.29, 1.82) is 5.26 Å². The van der Waals surface area contributed by atoms with Crippen LogP contribution in [0, 0.1) is 11.3 Å². The molecule has 1 aromatic carbocycles. The Labute approximate surface area is 163 Å². The van der Waals surface area contributed by atoms with E-state index in [2.05, 4.69) is 11.0 Å². The van der Waals surface area contributed by atoms with Gasteiger partial charge in [0, 0.05) is 18.7 Å². The Morgan fingerprint density at radius 2 is 1.85 bits per heavy atom. The summed E-state index contributed by atoms with van der Waals surface area (Å²) in [6.07, 6.45) is 2.58. The number of nitriles is 1. The van der Waals surface area contributed by atoms with Gasteiger partial charge in [-0.1, -0.05) is 12.1 Å². The zero-order valence-corrected chi connectivity index (χ0v) is 16.3. The van der Waals surface area contributed by atoms with Crippen LogP contribution in [0.25, 0.3) is 16.7 Å². The number of fused-ring (bicyclic) bond motifs is 4. The van der Waals surface area contributed by atoms with E-state index in [-0.39, 0.29) is 23.9 Å². The molecule has 4 heterocycles. The summed E-state index contributed by atoms with van der Waals surface area (Å²) in [6, 6.07) is 10.1. The zero-order valence-electron chi connectivity index (χ0n) is 14.7.